The Morgan fingerprint density at radius 1 is 1.08 bits per heavy atom. The first kappa shape index (κ1) is 16.0. The number of carbonyl (C=O) groups is 1. The summed E-state index contributed by atoms with van der Waals surface area (Å²) in [5, 5.41) is 7.43. The third-order valence-corrected chi connectivity index (χ3v) is 3.87. The normalized spacial score (nSPS) is 10.4. The lowest BCUT2D eigenvalue weighted by Gasteiger charge is -2.08. The number of aryl methyl sites for hydroxylation is 1. The largest absolute Gasteiger partial charge is 0.321 e. The average Bonchev–Trinajstić information content (AvgIpc) is 2.59. The van der Waals surface area contributed by atoms with Crippen LogP contribution in [-0.2, 0) is 0 Å². The molecule has 0 aliphatic carbocycles. The maximum Gasteiger partial charge on any atom is 0.276 e. The molecule has 0 saturated heterocycles. The molecule has 1 N–H and O–H groups in total. The molecule has 0 radical (unpaired) electrons. The molecule has 3 rings (SSSR count). The molecule has 5 nitrogen and oxygen atoms in total. The van der Waals surface area contributed by atoms with Crippen LogP contribution in [0.4, 0.5) is 5.69 Å². The summed E-state index contributed by atoms with van der Waals surface area (Å²) in [5.41, 5.74) is 1.90. The van der Waals surface area contributed by atoms with Gasteiger partial charge in [-0.1, -0.05) is 35.9 Å². The van der Waals surface area contributed by atoms with E-state index in [-0.39, 0.29) is 11.3 Å². The number of aromatic nitrogens is 2. The van der Waals surface area contributed by atoms with Crippen LogP contribution in [0, 0.1) is 6.92 Å². The van der Waals surface area contributed by atoms with Crippen LogP contribution in [0.2, 0.25) is 5.02 Å². The Bertz CT molecular complexity index is 952. The van der Waals surface area contributed by atoms with Crippen LogP contribution >= 0.6 is 11.6 Å². The highest BCUT2D eigenvalue weighted by Gasteiger charge is 2.11. The van der Waals surface area contributed by atoms with Gasteiger partial charge in [-0.3, -0.25) is 9.59 Å². The van der Waals surface area contributed by atoms with Crippen LogP contribution in [0.5, 0.6) is 0 Å². The first-order chi connectivity index (χ1) is 11.5. The van der Waals surface area contributed by atoms with Crippen molar-refractivity contribution < 1.29 is 4.79 Å². The molecular weight excluding hydrogens is 326 g/mol. The third kappa shape index (κ3) is 3.36. The summed E-state index contributed by atoms with van der Waals surface area (Å²) >= 11 is 6.06. The van der Waals surface area contributed by atoms with E-state index in [4.69, 9.17) is 11.6 Å². The van der Waals surface area contributed by atoms with Gasteiger partial charge in [0.05, 0.1) is 5.69 Å². The molecule has 1 heterocycles. The van der Waals surface area contributed by atoms with Gasteiger partial charge in [-0.25, -0.2) is 0 Å². The lowest BCUT2D eigenvalue weighted by atomic mass is 10.2. The molecule has 0 atom stereocenters. The fourth-order valence-electron chi connectivity index (χ4n) is 2.15. The second kappa shape index (κ2) is 6.68. The van der Waals surface area contributed by atoms with Crippen LogP contribution in [-0.4, -0.2) is 15.7 Å². The Morgan fingerprint density at radius 2 is 1.83 bits per heavy atom. The molecule has 24 heavy (non-hydrogen) atoms. The molecule has 0 aliphatic rings. The summed E-state index contributed by atoms with van der Waals surface area (Å²) in [5.74, 6) is -0.417. The number of nitrogens with zero attached hydrogens (tertiary/aromatic N) is 2. The molecule has 1 amide bonds. The number of rotatable bonds is 3. The van der Waals surface area contributed by atoms with E-state index >= 15 is 0 Å². The van der Waals surface area contributed by atoms with Crippen molar-refractivity contribution in [1.82, 2.24) is 9.78 Å². The molecule has 3 aromatic rings. The molecule has 0 fully saturated rings. The van der Waals surface area contributed by atoms with Crippen LogP contribution < -0.4 is 10.9 Å². The smallest absolute Gasteiger partial charge is 0.276 e. The Morgan fingerprint density at radius 3 is 2.54 bits per heavy atom. The highest BCUT2D eigenvalue weighted by molar-refractivity contribution is 6.31. The van der Waals surface area contributed by atoms with Crippen molar-refractivity contribution in [2.45, 2.75) is 6.92 Å². The van der Waals surface area contributed by atoms with E-state index in [9.17, 15) is 9.59 Å². The van der Waals surface area contributed by atoms with Crippen molar-refractivity contribution >= 4 is 23.2 Å². The van der Waals surface area contributed by atoms with Gasteiger partial charge in [-0.15, -0.1) is 0 Å². The Kier molecular flexibility index (Phi) is 4.44. The number of nitrogens with one attached hydrogen (secondary N) is 1. The van der Waals surface area contributed by atoms with E-state index in [1.807, 2.05) is 19.1 Å². The van der Waals surface area contributed by atoms with Crippen LogP contribution in [0.3, 0.4) is 0 Å². The van der Waals surface area contributed by atoms with Gasteiger partial charge in [0.15, 0.2) is 0 Å². The summed E-state index contributed by atoms with van der Waals surface area (Å²) in [6, 6.07) is 16.9. The van der Waals surface area contributed by atoms with Gasteiger partial charge >= 0.3 is 0 Å². The summed E-state index contributed by atoms with van der Waals surface area (Å²) in [6.45, 7) is 1.88. The van der Waals surface area contributed by atoms with Gasteiger partial charge < -0.3 is 5.32 Å². The minimum absolute atomic E-state index is 0.134. The number of anilines is 1. The number of para-hydroxylation sites is 1. The van der Waals surface area contributed by atoms with Crippen molar-refractivity contribution in [2.75, 3.05) is 5.32 Å². The molecule has 120 valence electrons. The zero-order valence-corrected chi connectivity index (χ0v) is 13.6. The molecule has 0 saturated carbocycles. The molecule has 0 unspecified atom stereocenters. The Labute approximate surface area is 143 Å². The SMILES string of the molecule is Cc1ccc(NC(=O)c2ccc(=O)n(-c3ccccc3)n2)cc1Cl. The second-order valence-electron chi connectivity index (χ2n) is 5.22. The van der Waals surface area contributed by atoms with Crippen LogP contribution in [0.15, 0.2) is 65.5 Å². The number of hydrogen-bond acceptors (Lipinski definition) is 3. The summed E-state index contributed by atoms with van der Waals surface area (Å²) < 4.78 is 1.19. The van der Waals surface area contributed by atoms with Crippen LogP contribution in [0.1, 0.15) is 16.1 Å². The summed E-state index contributed by atoms with van der Waals surface area (Å²) in [4.78, 5) is 24.4. The van der Waals surface area contributed by atoms with Gasteiger partial charge in [-0.05, 0) is 42.8 Å². The van der Waals surface area contributed by atoms with E-state index in [0.717, 1.165) is 5.56 Å². The lowest BCUT2D eigenvalue weighted by Crippen LogP contribution is -2.24. The molecule has 1 aromatic heterocycles. The maximum atomic E-state index is 12.4. The quantitative estimate of drug-likeness (QED) is 0.795. The molecule has 6 heteroatoms. The van der Waals surface area contributed by atoms with Gasteiger partial charge in [0.2, 0.25) is 0 Å². The van der Waals surface area contributed by atoms with Gasteiger partial charge in [0.1, 0.15) is 5.69 Å². The lowest BCUT2D eigenvalue weighted by molar-refractivity contribution is 0.102. The summed E-state index contributed by atoms with van der Waals surface area (Å²) in [7, 11) is 0. The number of carbonyl (C=O) groups excluding carboxylic acids is 1. The van der Waals surface area contributed by atoms with Crippen molar-refractivity contribution in [3.8, 4) is 5.69 Å². The Balaban J connectivity index is 1.90. The molecular formula is C18H14ClN3O2. The van der Waals surface area contributed by atoms with E-state index in [1.54, 1.807) is 36.4 Å². The molecule has 0 spiro atoms. The zero-order chi connectivity index (χ0) is 17.1. The van der Waals surface area contributed by atoms with E-state index in [2.05, 4.69) is 10.4 Å². The monoisotopic (exact) mass is 339 g/mol. The van der Waals surface area contributed by atoms with Crippen molar-refractivity contribution in [3.63, 3.8) is 0 Å². The standard InChI is InChI=1S/C18H14ClN3O2/c1-12-7-8-13(11-15(12)19)20-18(24)16-9-10-17(23)22(21-16)14-5-3-2-4-6-14/h2-11H,1H3,(H,20,24). The fourth-order valence-corrected chi connectivity index (χ4v) is 2.33. The predicted molar refractivity (Wildman–Crippen MR) is 94.0 cm³/mol. The first-order valence-corrected chi connectivity index (χ1v) is 7.66. The van der Waals surface area contributed by atoms with Gasteiger partial charge in [0, 0.05) is 16.8 Å². The highest BCUT2D eigenvalue weighted by Crippen LogP contribution is 2.20. The predicted octanol–water partition coefficient (Wildman–Crippen LogP) is 3.45. The number of benzene rings is 2. The molecule has 2 aromatic carbocycles. The van der Waals surface area contributed by atoms with Gasteiger partial charge in [0.25, 0.3) is 11.5 Å². The maximum absolute atomic E-state index is 12.4. The van der Waals surface area contributed by atoms with Crippen molar-refractivity contribution in [2.24, 2.45) is 0 Å². The van der Waals surface area contributed by atoms with Gasteiger partial charge in [-0.2, -0.15) is 9.78 Å². The number of halogens is 1. The number of amides is 1. The zero-order valence-electron chi connectivity index (χ0n) is 12.9. The topological polar surface area (TPSA) is 64.0 Å². The van der Waals surface area contributed by atoms with E-state index < -0.39 is 5.91 Å². The minimum atomic E-state index is -0.417. The van der Waals surface area contributed by atoms with Crippen molar-refractivity contribution in [1.29, 1.82) is 0 Å². The minimum Gasteiger partial charge on any atom is -0.321 e. The van der Waals surface area contributed by atoms with E-state index in [0.29, 0.717) is 16.4 Å². The van der Waals surface area contributed by atoms with Crippen LogP contribution in [0.25, 0.3) is 5.69 Å². The first-order valence-electron chi connectivity index (χ1n) is 7.28. The highest BCUT2D eigenvalue weighted by atomic mass is 35.5. The second-order valence-corrected chi connectivity index (χ2v) is 5.63. The van der Waals surface area contributed by atoms with E-state index in [1.165, 1.54) is 16.8 Å². The molecule has 0 aliphatic heterocycles. The Hall–Kier alpha value is -2.92. The number of hydrogen-bond donors (Lipinski definition) is 1. The van der Waals surface area contributed by atoms with Crippen molar-refractivity contribution in [3.05, 3.63) is 87.3 Å². The third-order valence-electron chi connectivity index (χ3n) is 3.46. The fraction of sp³-hybridized carbons (Fsp3) is 0.0556. The summed E-state index contributed by atoms with van der Waals surface area (Å²) in [6.07, 6.45) is 0. The average molecular weight is 340 g/mol. The molecule has 0 bridgehead atoms.